The van der Waals surface area contributed by atoms with Crippen molar-refractivity contribution in [1.82, 2.24) is 0 Å². The van der Waals surface area contributed by atoms with E-state index in [2.05, 4.69) is 0 Å². The van der Waals surface area contributed by atoms with E-state index in [0.29, 0.717) is 11.7 Å². The molecule has 0 saturated carbocycles. The second-order valence-corrected chi connectivity index (χ2v) is 4.02. The predicted octanol–water partition coefficient (Wildman–Crippen LogP) is 2.61. The fourth-order valence-corrected chi connectivity index (χ4v) is 1.54. The van der Waals surface area contributed by atoms with Crippen molar-refractivity contribution in [3.05, 3.63) is 29.3 Å². The molecule has 1 aromatic carbocycles. The first-order valence-electron chi connectivity index (χ1n) is 5.00. The van der Waals surface area contributed by atoms with Gasteiger partial charge in [-0.05, 0) is 17.0 Å². The number of rotatable bonds is 3. The highest BCUT2D eigenvalue weighted by atomic mass is 16.3. The smallest absolute Gasteiger partial charge is 0.122 e. The molecule has 2 nitrogen and oxygen atoms in total. The van der Waals surface area contributed by atoms with E-state index in [1.807, 2.05) is 39.0 Å². The zero-order valence-electron chi connectivity index (χ0n) is 8.99. The Balaban J connectivity index is 3.13. The van der Waals surface area contributed by atoms with Crippen LogP contribution in [0.25, 0.3) is 0 Å². The SMILES string of the molecule is CC(C)c1cccc(C(C)CO)c1O. The van der Waals surface area contributed by atoms with Crippen molar-refractivity contribution < 1.29 is 10.2 Å². The molecule has 0 aliphatic rings. The molecular weight excluding hydrogens is 176 g/mol. The highest BCUT2D eigenvalue weighted by molar-refractivity contribution is 5.43. The summed E-state index contributed by atoms with van der Waals surface area (Å²) in [7, 11) is 0. The second-order valence-electron chi connectivity index (χ2n) is 4.02. The van der Waals surface area contributed by atoms with Gasteiger partial charge >= 0.3 is 0 Å². The summed E-state index contributed by atoms with van der Waals surface area (Å²) in [5.41, 5.74) is 1.78. The van der Waals surface area contributed by atoms with Gasteiger partial charge in [-0.25, -0.2) is 0 Å². The summed E-state index contributed by atoms with van der Waals surface area (Å²) in [6.07, 6.45) is 0. The third-order valence-electron chi connectivity index (χ3n) is 2.53. The predicted molar refractivity (Wildman–Crippen MR) is 57.7 cm³/mol. The van der Waals surface area contributed by atoms with Crippen LogP contribution in [0, 0.1) is 0 Å². The Morgan fingerprint density at radius 3 is 2.21 bits per heavy atom. The van der Waals surface area contributed by atoms with Crippen molar-refractivity contribution in [2.45, 2.75) is 32.6 Å². The van der Waals surface area contributed by atoms with Crippen LogP contribution in [0.4, 0.5) is 0 Å². The standard InChI is InChI=1S/C12H18O2/c1-8(2)10-5-4-6-11(12(10)14)9(3)7-13/h4-6,8-9,13-14H,7H2,1-3H3. The number of para-hydroxylation sites is 1. The van der Waals surface area contributed by atoms with Crippen LogP contribution in [0.2, 0.25) is 0 Å². The lowest BCUT2D eigenvalue weighted by Gasteiger charge is -2.15. The molecule has 0 heterocycles. The Kier molecular flexibility index (Phi) is 3.53. The van der Waals surface area contributed by atoms with Gasteiger partial charge in [0, 0.05) is 12.5 Å². The van der Waals surface area contributed by atoms with Crippen molar-refractivity contribution in [2.75, 3.05) is 6.61 Å². The lowest BCUT2D eigenvalue weighted by molar-refractivity contribution is 0.270. The van der Waals surface area contributed by atoms with Crippen LogP contribution >= 0.6 is 0 Å². The maximum absolute atomic E-state index is 9.95. The third-order valence-corrected chi connectivity index (χ3v) is 2.53. The topological polar surface area (TPSA) is 40.5 Å². The van der Waals surface area contributed by atoms with Gasteiger partial charge in [-0.2, -0.15) is 0 Å². The Hall–Kier alpha value is -1.02. The van der Waals surface area contributed by atoms with Crippen LogP contribution in [-0.2, 0) is 0 Å². The van der Waals surface area contributed by atoms with Crippen LogP contribution in [0.5, 0.6) is 5.75 Å². The van der Waals surface area contributed by atoms with Crippen molar-refractivity contribution in [1.29, 1.82) is 0 Å². The van der Waals surface area contributed by atoms with Crippen LogP contribution in [0.3, 0.4) is 0 Å². The summed E-state index contributed by atoms with van der Waals surface area (Å²) in [6.45, 7) is 6.05. The van der Waals surface area contributed by atoms with Crippen molar-refractivity contribution in [3.8, 4) is 5.75 Å². The molecule has 1 atom stereocenters. The number of aliphatic hydroxyl groups excluding tert-OH is 1. The number of aliphatic hydroxyl groups is 1. The summed E-state index contributed by atoms with van der Waals surface area (Å²) in [4.78, 5) is 0. The molecule has 0 aliphatic carbocycles. The maximum atomic E-state index is 9.95. The molecule has 0 aliphatic heterocycles. The van der Waals surface area contributed by atoms with E-state index in [1.54, 1.807) is 0 Å². The van der Waals surface area contributed by atoms with E-state index in [-0.39, 0.29) is 12.5 Å². The number of phenols is 1. The van der Waals surface area contributed by atoms with Gasteiger partial charge in [0.25, 0.3) is 0 Å². The van der Waals surface area contributed by atoms with Gasteiger partial charge < -0.3 is 10.2 Å². The van der Waals surface area contributed by atoms with Gasteiger partial charge in [0.2, 0.25) is 0 Å². The minimum atomic E-state index is -0.00583. The molecule has 0 saturated heterocycles. The average molecular weight is 194 g/mol. The zero-order valence-corrected chi connectivity index (χ0v) is 8.99. The Bertz CT molecular complexity index is 305. The number of hydrogen-bond donors (Lipinski definition) is 2. The van der Waals surface area contributed by atoms with Gasteiger partial charge in [-0.1, -0.05) is 39.0 Å². The highest BCUT2D eigenvalue weighted by Gasteiger charge is 2.13. The Labute approximate surface area is 85.2 Å². The van der Waals surface area contributed by atoms with E-state index in [1.165, 1.54) is 0 Å². The first kappa shape index (κ1) is 11.1. The van der Waals surface area contributed by atoms with Crippen molar-refractivity contribution >= 4 is 0 Å². The van der Waals surface area contributed by atoms with Crippen LogP contribution < -0.4 is 0 Å². The molecule has 0 radical (unpaired) electrons. The molecule has 0 aromatic heterocycles. The van der Waals surface area contributed by atoms with E-state index < -0.39 is 0 Å². The molecule has 2 N–H and O–H groups in total. The first-order chi connectivity index (χ1) is 6.57. The minimum Gasteiger partial charge on any atom is -0.507 e. The van der Waals surface area contributed by atoms with Crippen LogP contribution in [-0.4, -0.2) is 16.8 Å². The summed E-state index contributed by atoms with van der Waals surface area (Å²) >= 11 is 0. The summed E-state index contributed by atoms with van der Waals surface area (Å²) < 4.78 is 0. The largest absolute Gasteiger partial charge is 0.507 e. The summed E-state index contributed by atoms with van der Waals surface area (Å²) in [5, 5.41) is 19.0. The van der Waals surface area contributed by atoms with Gasteiger partial charge in [-0.3, -0.25) is 0 Å². The number of phenolic OH excluding ortho intramolecular Hbond substituents is 1. The first-order valence-corrected chi connectivity index (χ1v) is 5.00. The second kappa shape index (κ2) is 4.47. The lowest BCUT2D eigenvalue weighted by Crippen LogP contribution is -2.01. The molecule has 0 amide bonds. The van der Waals surface area contributed by atoms with E-state index >= 15 is 0 Å². The van der Waals surface area contributed by atoms with E-state index in [9.17, 15) is 5.11 Å². The Morgan fingerprint density at radius 2 is 1.71 bits per heavy atom. The monoisotopic (exact) mass is 194 g/mol. The molecule has 0 bridgehead atoms. The fourth-order valence-electron chi connectivity index (χ4n) is 1.54. The van der Waals surface area contributed by atoms with Gasteiger partial charge in [-0.15, -0.1) is 0 Å². The normalized spacial score (nSPS) is 13.2. The molecule has 14 heavy (non-hydrogen) atoms. The average Bonchev–Trinajstić information content (AvgIpc) is 2.16. The van der Waals surface area contributed by atoms with Crippen molar-refractivity contribution in [3.63, 3.8) is 0 Å². The highest BCUT2D eigenvalue weighted by Crippen LogP contribution is 2.32. The molecule has 0 spiro atoms. The molecule has 1 aromatic rings. The zero-order chi connectivity index (χ0) is 10.7. The fraction of sp³-hybridized carbons (Fsp3) is 0.500. The molecular formula is C12H18O2. The van der Waals surface area contributed by atoms with Gasteiger partial charge in [0.05, 0.1) is 0 Å². The number of benzene rings is 1. The van der Waals surface area contributed by atoms with Gasteiger partial charge in [0.1, 0.15) is 5.75 Å². The Morgan fingerprint density at radius 1 is 1.14 bits per heavy atom. The van der Waals surface area contributed by atoms with E-state index in [4.69, 9.17) is 5.11 Å². The van der Waals surface area contributed by atoms with Crippen LogP contribution in [0.15, 0.2) is 18.2 Å². The molecule has 1 unspecified atom stereocenters. The summed E-state index contributed by atoms with van der Waals surface area (Å²) in [5.74, 6) is 0.638. The lowest BCUT2D eigenvalue weighted by atomic mass is 9.94. The number of aromatic hydroxyl groups is 1. The minimum absolute atomic E-state index is 0.00583. The number of hydrogen-bond acceptors (Lipinski definition) is 2. The molecule has 2 heteroatoms. The molecule has 78 valence electrons. The maximum Gasteiger partial charge on any atom is 0.122 e. The van der Waals surface area contributed by atoms with Crippen LogP contribution in [0.1, 0.15) is 43.7 Å². The van der Waals surface area contributed by atoms with Crippen molar-refractivity contribution in [2.24, 2.45) is 0 Å². The summed E-state index contributed by atoms with van der Waals surface area (Å²) in [6, 6.07) is 5.71. The van der Waals surface area contributed by atoms with E-state index in [0.717, 1.165) is 11.1 Å². The molecule has 0 fully saturated rings. The third kappa shape index (κ3) is 2.07. The van der Waals surface area contributed by atoms with Gasteiger partial charge in [0.15, 0.2) is 0 Å². The molecule has 1 rings (SSSR count). The quantitative estimate of drug-likeness (QED) is 0.776.